The highest BCUT2D eigenvalue weighted by molar-refractivity contribution is 9.10. The summed E-state index contributed by atoms with van der Waals surface area (Å²) in [5.41, 5.74) is -0.637. The van der Waals surface area contributed by atoms with Crippen LogP contribution in [0.4, 0.5) is 17.6 Å². The zero-order valence-corrected chi connectivity index (χ0v) is 7.73. The highest BCUT2D eigenvalue weighted by Crippen LogP contribution is 2.35. The van der Waals surface area contributed by atoms with Crippen LogP contribution in [0.25, 0.3) is 0 Å². The largest absolute Gasteiger partial charge is 0.425 e. The fourth-order valence-corrected chi connectivity index (χ4v) is 1.09. The van der Waals surface area contributed by atoms with Crippen molar-refractivity contribution in [1.82, 2.24) is 4.98 Å². The van der Waals surface area contributed by atoms with Gasteiger partial charge in [-0.05, 0) is 28.1 Å². The zero-order valence-electron chi connectivity index (χ0n) is 6.15. The van der Waals surface area contributed by atoms with E-state index in [1.807, 2.05) is 0 Å². The lowest BCUT2D eigenvalue weighted by molar-refractivity contribution is -0.183. The Morgan fingerprint density at radius 1 is 1.31 bits per heavy atom. The van der Waals surface area contributed by atoms with Gasteiger partial charge in [-0.1, -0.05) is 6.07 Å². The first-order valence-corrected chi connectivity index (χ1v) is 4.04. The van der Waals surface area contributed by atoms with E-state index in [-0.39, 0.29) is 4.60 Å². The number of hydrogen-bond acceptors (Lipinski definition) is 1. The quantitative estimate of drug-likeness (QED) is 0.555. The molecule has 0 fully saturated rings. The first-order valence-electron chi connectivity index (χ1n) is 3.24. The van der Waals surface area contributed by atoms with Crippen LogP contribution in [0.1, 0.15) is 11.9 Å². The lowest BCUT2D eigenvalue weighted by Crippen LogP contribution is -2.17. The van der Waals surface area contributed by atoms with Gasteiger partial charge in [0.25, 0.3) is 0 Å². The highest BCUT2D eigenvalue weighted by atomic mass is 79.9. The summed E-state index contributed by atoms with van der Waals surface area (Å²) in [5.74, 6) is 0. The Morgan fingerprint density at radius 2 is 1.92 bits per heavy atom. The van der Waals surface area contributed by atoms with Crippen LogP contribution in [0.15, 0.2) is 22.8 Å². The Balaban J connectivity index is 2.96. The van der Waals surface area contributed by atoms with Crippen LogP contribution in [0.2, 0.25) is 0 Å². The van der Waals surface area contributed by atoms with Crippen molar-refractivity contribution in [1.29, 1.82) is 0 Å². The van der Waals surface area contributed by atoms with Gasteiger partial charge in [-0.3, -0.25) is 0 Å². The van der Waals surface area contributed by atoms with Crippen molar-refractivity contribution in [2.24, 2.45) is 0 Å². The molecule has 0 amide bonds. The number of halogens is 5. The van der Waals surface area contributed by atoms with Gasteiger partial charge in [0.05, 0.1) is 5.69 Å². The molecule has 0 radical (unpaired) electrons. The second kappa shape index (κ2) is 3.61. The van der Waals surface area contributed by atoms with Crippen LogP contribution in [0.3, 0.4) is 0 Å². The van der Waals surface area contributed by atoms with E-state index in [0.29, 0.717) is 0 Å². The van der Waals surface area contributed by atoms with E-state index in [1.54, 1.807) is 0 Å². The first-order chi connectivity index (χ1) is 5.91. The molecule has 72 valence electrons. The summed E-state index contributed by atoms with van der Waals surface area (Å²) in [4.78, 5) is 3.36. The lowest BCUT2D eigenvalue weighted by atomic mass is 10.2. The topological polar surface area (TPSA) is 12.9 Å². The van der Waals surface area contributed by atoms with E-state index < -0.39 is 18.0 Å². The molecule has 0 saturated carbocycles. The first kappa shape index (κ1) is 10.4. The fourth-order valence-electron chi connectivity index (χ4n) is 0.733. The van der Waals surface area contributed by atoms with Crippen molar-refractivity contribution in [2.45, 2.75) is 12.3 Å². The summed E-state index contributed by atoms with van der Waals surface area (Å²) in [6.45, 7) is 0. The van der Waals surface area contributed by atoms with Crippen molar-refractivity contribution in [3.05, 3.63) is 28.5 Å². The summed E-state index contributed by atoms with van der Waals surface area (Å²) in [6, 6.07) is 3.71. The molecule has 1 unspecified atom stereocenters. The minimum atomic E-state index is -4.90. The Morgan fingerprint density at radius 3 is 2.38 bits per heavy atom. The number of aromatic nitrogens is 1. The van der Waals surface area contributed by atoms with E-state index in [0.717, 1.165) is 6.07 Å². The standard InChI is InChI=1S/C7H4BrF4N/c8-5-3-1-2-4(13-5)6(9)7(10,11)12/h1-3,6H. The molecule has 0 aliphatic rings. The number of nitrogens with zero attached hydrogens (tertiary/aromatic N) is 1. The number of rotatable bonds is 1. The number of alkyl halides is 4. The molecule has 0 aromatic carbocycles. The molecule has 0 bridgehead atoms. The fraction of sp³-hybridized carbons (Fsp3) is 0.286. The van der Waals surface area contributed by atoms with Gasteiger partial charge in [-0.2, -0.15) is 13.2 Å². The van der Waals surface area contributed by atoms with Crippen LogP contribution in [-0.4, -0.2) is 11.2 Å². The van der Waals surface area contributed by atoms with Gasteiger partial charge < -0.3 is 0 Å². The molecule has 1 heterocycles. The van der Waals surface area contributed by atoms with Crippen molar-refractivity contribution in [3.63, 3.8) is 0 Å². The van der Waals surface area contributed by atoms with Gasteiger partial charge in [-0.15, -0.1) is 0 Å². The molecule has 0 N–H and O–H groups in total. The molecular formula is C7H4BrF4N. The molecule has 1 aromatic rings. The van der Waals surface area contributed by atoms with E-state index >= 15 is 0 Å². The van der Waals surface area contributed by atoms with Crippen LogP contribution < -0.4 is 0 Å². The lowest BCUT2D eigenvalue weighted by Gasteiger charge is -2.11. The Hall–Kier alpha value is -0.650. The second-order valence-corrected chi connectivity index (χ2v) is 3.10. The van der Waals surface area contributed by atoms with Gasteiger partial charge in [0.2, 0.25) is 6.17 Å². The normalized spacial score (nSPS) is 14.2. The average Bonchev–Trinajstić information content (AvgIpc) is 2.01. The summed E-state index contributed by atoms with van der Waals surface area (Å²) < 4.78 is 48.3. The molecule has 13 heavy (non-hydrogen) atoms. The van der Waals surface area contributed by atoms with Gasteiger partial charge in [0.1, 0.15) is 4.60 Å². The molecule has 0 spiro atoms. The second-order valence-electron chi connectivity index (χ2n) is 2.29. The molecule has 1 aromatic heterocycles. The smallest absolute Gasteiger partial charge is 0.242 e. The van der Waals surface area contributed by atoms with Crippen LogP contribution in [-0.2, 0) is 0 Å². The average molecular weight is 258 g/mol. The van der Waals surface area contributed by atoms with Gasteiger partial charge in [0, 0.05) is 0 Å². The molecular weight excluding hydrogens is 254 g/mol. The maximum Gasteiger partial charge on any atom is 0.425 e. The van der Waals surface area contributed by atoms with Gasteiger partial charge in [-0.25, -0.2) is 9.37 Å². The highest BCUT2D eigenvalue weighted by Gasteiger charge is 2.42. The Kier molecular flexibility index (Phi) is 2.90. The molecule has 1 atom stereocenters. The predicted octanol–water partition coefficient (Wildman–Crippen LogP) is 3.42. The maximum absolute atomic E-state index is 12.6. The third kappa shape index (κ3) is 2.65. The van der Waals surface area contributed by atoms with E-state index in [1.165, 1.54) is 12.1 Å². The minimum Gasteiger partial charge on any atom is -0.242 e. The third-order valence-electron chi connectivity index (χ3n) is 1.28. The van der Waals surface area contributed by atoms with E-state index in [9.17, 15) is 17.6 Å². The minimum absolute atomic E-state index is 0.178. The number of pyridine rings is 1. The predicted molar refractivity (Wildman–Crippen MR) is 41.8 cm³/mol. The Labute approximate surface area is 79.9 Å². The SMILES string of the molecule is FC(c1cccc(Br)n1)C(F)(F)F. The Bertz CT molecular complexity index is 299. The summed E-state index contributed by atoms with van der Waals surface area (Å²) in [6.07, 6.45) is -7.92. The molecule has 0 aliphatic carbocycles. The van der Waals surface area contributed by atoms with Crippen LogP contribution in [0.5, 0.6) is 0 Å². The summed E-state index contributed by atoms with van der Waals surface area (Å²) in [5, 5.41) is 0. The van der Waals surface area contributed by atoms with Crippen molar-refractivity contribution in [3.8, 4) is 0 Å². The molecule has 1 nitrogen and oxygen atoms in total. The molecule has 1 rings (SSSR count). The molecule has 6 heteroatoms. The summed E-state index contributed by atoms with van der Waals surface area (Å²) >= 11 is 2.85. The van der Waals surface area contributed by atoms with Gasteiger partial charge >= 0.3 is 6.18 Å². The van der Waals surface area contributed by atoms with Crippen molar-refractivity contribution in [2.75, 3.05) is 0 Å². The third-order valence-corrected chi connectivity index (χ3v) is 1.73. The molecule has 0 aliphatic heterocycles. The monoisotopic (exact) mass is 257 g/mol. The maximum atomic E-state index is 12.6. The van der Waals surface area contributed by atoms with Crippen LogP contribution in [0, 0.1) is 0 Å². The summed E-state index contributed by atoms with van der Waals surface area (Å²) in [7, 11) is 0. The zero-order chi connectivity index (χ0) is 10.1. The van der Waals surface area contributed by atoms with Crippen molar-refractivity contribution < 1.29 is 17.6 Å². The van der Waals surface area contributed by atoms with E-state index in [4.69, 9.17) is 0 Å². The van der Waals surface area contributed by atoms with Crippen LogP contribution >= 0.6 is 15.9 Å². The number of hydrogen-bond donors (Lipinski definition) is 0. The van der Waals surface area contributed by atoms with Gasteiger partial charge in [0.15, 0.2) is 0 Å². The molecule has 0 saturated heterocycles. The van der Waals surface area contributed by atoms with E-state index in [2.05, 4.69) is 20.9 Å². The van der Waals surface area contributed by atoms with Crippen molar-refractivity contribution >= 4 is 15.9 Å².